The summed E-state index contributed by atoms with van der Waals surface area (Å²) in [6, 6.07) is 7.58. The lowest BCUT2D eigenvalue weighted by Gasteiger charge is -2.26. The predicted molar refractivity (Wildman–Crippen MR) is 86.4 cm³/mol. The van der Waals surface area contributed by atoms with Gasteiger partial charge in [-0.15, -0.1) is 0 Å². The van der Waals surface area contributed by atoms with Crippen LogP contribution >= 0.6 is 0 Å². The van der Waals surface area contributed by atoms with E-state index in [-0.39, 0.29) is 0 Å². The van der Waals surface area contributed by atoms with Crippen LogP contribution in [0, 0.1) is 0 Å². The molecule has 2 rings (SSSR count). The van der Waals surface area contributed by atoms with Crippen LogP contribution in [0.3, 0.4) is 0 Å². The molecule has 6 heteroatoms. The van der Waals surface area contributed by atoms with Gasteiger partial charge < -0.3 is 5.32 Å². The van der Waals surface area contributed by atoms with Gasteiger partial charge in [-0.25, -0.2) is 0 Å². The third-order valence-electron chi connectivity index (χ3n) is 3.58. The summed E-state index contributed by atoms with van der Waals surface area (Å²) in [4.78, 5) is 0. The molecule has 0 saturated carbocycles. The summed E-state index contributed by atoms with van der Waals surface area (Å²) in [7, 11) is -3.42. The van der Waals surface area contributed by atoms with Gasteiger partial charge >= 0.3 is 10.2 Å². The van der Waals surface area contributed by atoms with Crippen LogP contribution in [0.2, 0.25) is 0 Å². The van der Waals surface area contributed by atoms with Gasteiger partial charge in [-0.2, -0.15) is 12.7 Å². The van der Waals surface area contributed by atoms with Crippen LogP contribution in [-0.4, -0.2) is 32.4 Å². The normalized spacial score (nSPS) is 16.8. The Morgan fingerprint density at radius 3 is 2.67 bits per heavy atom. The van der Waals surface area contributed by atoms with Gasteiger partial charge in [0.25, 0.3) is 0 Å². The largest absolute Gasteiger partial charge is 0.313 e. The lowest BCUT2D eigenvalue weighted by Crippen LogP contribution is -2.39. The van der Waals surface area contributed by atoms with Gasteiger partial charge in [0.05, 0.1) is 5.69 Å². The van der Waals surface area contributed by atoms with E-state index in [1.54, 1.807) is 10.4 Å². The summed E-state index contributed by atoms with van der Waals surface area (Å²) in [5.74, 6) is 0. The lowest BCUT2D eigenvalue weighted by molar-refractivity contribution is 0.349. The van der Waals surface area contributed by atoms with Crippen LogP contribution in [0.5, 0.6) is 0 Å². The Kier molecular flexibility index (Phi) is 6.02. The van der Waals surface area contributed by atoms with Crippen molar-refractivity contribution >= 4 is 15.9 Å². The van der Waals surface area contributed by atoms with Gasteiger partial charge in [-0.05, 0) is 43.5 Å². The fourth-order valence-corrected chi connectivity index (χ4v) is 3.77. The Balaban J connectivity index is 1.99. The Morgan fingerprint density at radius 1 is 1.19 bits per heavy atom. The van der Waals surface area contributed by atoms with E-state index < -0.39 is 10.2 Å². The zero-order valence-corrected chi connectivity index (χ0v) is 13.5. The van der Waals surface area contributed by atoms with E-state index in [1.165, 1.54) is 0 Å². The van der Waals surface area contributed by atoms with Crippen LogP contribution in [-0.2, 0) is 16.8 Å². The molecule has 0 amide bonds. The minimum atomic E-state index is -3.42. The molecule has 5 nitrogen and oxygen atoms in total. The second kappa shape index (κ2) is 7.77. The topological polar surface area (TPSA) is 61.4 Å². The maximum absolute atomic E-state index is 12.3. The van der Waals surface area contributed by atoms with Gasteiger partial charge in [0.2, 0.25) is 0 Å². The Bertz CT molecular complexity index is 540. The van der Waals surface area contributed by atoms with Crippen LogP contribution < -0.4 is 10.0 Å². The first-order valence-corrected chi connectivity index (χ1v) is 9.13. The maximum Gasteiger partial charge on any atom is 0.301 e. The van der Waals surface area contributed by atoms with Crippen LogP contribution in [0.1, 0.15) is 38.2 Å². The number of rotatable bonds is 7. The first-order chi connectivity index (χ1) is 10.1. The fraction of sp³-hybridized carbons (Fsp3) is 0.600. The fourth-order valence-electron chi connectivity index (χ4n) is 2.47. The molecule has 21 heavy (non-hydrogen) atoms. The van der Waals surface area contributed by atoms with Crippen LogP contribution in [0.15, 0.2) is 24.3 Å². The summed E-state index contributed by atoms with van der Waals surface area (Å²) in [6.07, 6.45) is 4.09. The molecule has 1 aromatic carbocycles. The van der Waals surface area contributed by atoms with E-state index in [4.69, 9.17) is 0 Å². The summed E-state index contributed by atoms with van der Waals surface area (Å²) < 4.78 is 28.9. The molecule has 0 spiro atoms. The summed E-state index contributed by atoms with van der Waals surface area (Å²) in [5, 5.41) is 3.32. The van der Waals surface area contributed by atoms with Crippen molar-refractivity contribution in [1.82, 2.24) is 9.62 Å². The highest BCUT2D eigenvalue weighted by molar-refractivity contribution is 7.90. The molecular weight excluding hydrogens is 286 g/mol. The maximum atomic E-state index is 12.3. The Hall–Kier alpha value is -1.11. The van der Waals surface area contributed by atoms with Crippen LogP contribution in [0.25, 0.3) is 0 Å². The first-order valence-electron chi connectivity index (χ1n) is 7.69. The Morgan fingerprint density at radius 2 is 1.95 bits per heavy atom. The van der Waals surface area contributed by atoms with Gasteiger partial charge in [0.15, 0.2) is 0 Å². The third kappa shape index (κ3) is 4.98. The second-order valence-corrected chi connectivity index (χ2v) is 7.11. The van der Waals surface area contributed by atoms with Gasteiger partial charge in [-0.1, -0.05) is 25.5 Å². The lowest BCUT2D eigenvalue weighted by atomic mass is 10.2. The molecule has 1 aromatic rings. The standard InChI is InChI=1S/C15H25N3O2S/c1-2-9-16-13-14-7-6-8-15(12-14)17-21(19,20)18-10-4-3-5-11-18/h6-8,12,16-17H,2-5,9-11,13H2,1H3. The highest BCUT2D eigenvalue weighted by Gasteiger charge is 2.23. The zero-order chi connectivity index (χ0) is 15.1. The van der Waals surface area contributed by atoms with Gasteiger partial charge in [0, 0.05) is 19.6 Å². The molecule has 118 valence electrons. The summed E-state index contributed by atoms with van der Waals surface area (Å²) in [5.41, 5.74) is 1.72. The highest BCUT2D eigenvalue weighted by atomic mass is 32.2. The van der Waals surface area contributed by atoms with E-state index in [2.05, 4.69) is 17.0 Å². The predicted octanol–water partition coefficient (Wildman–Crippen LogP) is 2.33. The van der Waals surface area contributed by atoms with Crippen molar-refractivity contribution in [3.05, 3.63) is 29.8 Å². The number of nitrogens with zero attached hydrogens (tertiary/aromatic N) is 1. The molecular formula is C15H25N3O2S. The molecule has 0 atom stereocenters. The minimum Gasteiger partial charge on any atom is -0.313 e. The third-order valence-corrected chi connectivity index (χ3v) is 5.12. The molecule has 0 unspecified atom stereocenters. The van der Waals surface area contributed by atoms with Crippen molar-refractivity contribution in [3.8, 4) is 0 Å². The van der Waals surface area contributed by atoms with Gasteiger partial charge in [0.1, 0.15) is 0 Å². The molecule has 1 heterocycles. The SMILES string of the molecule is CCCNCc1cccc(NS(=O)(=O)N2CCCCC2)c1. The zero-order valence-electron chi connectivity index (χ0n) is 12.6. The summed E-state index contributed by atoms with van der Waals surface area (Å²) >= 11 is 0. The monoisotopic (exact) mass is 311 g/mol. The average molecular weight is 311 g/mol. The molecule has 1 aliphatic heterocycles. The minimum absolute atomic E-state index is 0.618. The van der Waals surface area contributed by atoms with Crippen molar-refractivity contribution in [2.24, 2.45) is 0 Å². The van der Waals surface area contributed by atoms with Gasteiger partial charge in [-0.3, -0.25) is 4.72 Å². The van der Waals surface area contributed by atoms with Crippen LogP contribution in [0.4, 0.5) is 5.69 Å². The number of benzene rings is 1. The Labute approximate surface area is 127 Å². The highest BCUT2D eigenvalue weighted by Crippen LogP contribution is 2.17. The van der Waals surface area contributed by atoms with Crippen molar-refractivity contribution in [1.29, 1.82) is 0 Å². The smallest absolute Gasteiger partial charge is 0.301 e. The van der Waals surface area contributed by atoms with Crippen molar-refractivity contribution in [2.75, 3.05) is 24.4 Å². The summed E-state index contributed by atoms with van der Waals surface area (Å²) in [6.45, 7) is 5.08. The number of hydrogen-bond donors (Lipinski definition) is 2. The average Bonchev–Trinajstić information content (AvgIpc) is 2.48. The number of anilines is 1. The molecule has 1 fully saturated rings. The van der Waals surface area contributed by atoms with E-state index in [0.29, 0.717) is 18.8 Å². The second-order valence-electron chi connectivity index (χ2n) is 5.44. The quantitative estimate of drug-likeness (QED) is 0.760. The molecule has 0 radical (unpaired) electrons. The van der Waals surface area contributed by atoms with E-state index in [1.807, 2.05) is 18.2 Å². The molecule has 0 aliphatic carbocycles. The number of nitrogens with one attached hydrogen (secondary N) is 2. The van der Waals surface area contributed by atoms with E-state index >= 15 is 0 Å². The molecule has 0 bridgehead atoms. The molecule has 0 aromatic heterocycles. The molecule has 1 saturated heterocycles. The number of hydrogen-bond acceptors (Lipinski definition) is 3. The van der Waals surface area contributed by atoms with Crippen molar-refractivity contribution in [3.63, 3.8) is 0 Å². The van der Waals surface area contributed by atoms with E-state index in [9.17, 15) is 8.42 Å². The van der Waals surface area contributed by atoms with Crippen molar-refractivity contribution in [2.45, 2.75) is 39.2 Å². The van der Waals surface area contributed by atoms with Crippen molar-refractivity contribution < 1.29 is 8.42 Å². The van der Waals surface area contributed by atoms with E-state index in [0.717, 1.165) is 44.3 Å². The first kappa shape index (κ1) is 16.3. The molecule has 2 N–H and O–H groups in total. The number of piperidine rings is 1. The molecule has 1 aliphatic rings.